The summed E-state index contributed by atoms with van der Waals surface area (Å²) in [4.78, 5) is 25.7. The molecule has 0 aliphatic carbocycles. The highest BCUT2D eigenvalue weighted by atomic mass is 35.5. The first-order chi connectivity index (χ1) is 16.8. The van der Waals surface area contributed by atoms with Crippen LogP contribution < -0.4 is 15.5 Å². The molecule has 3 N–H and O–H groups in total. The first kappa shape index (κ1) is 24.6. The first-order valence-corrected chi connectivity index (χ1v) is 11.5. The van der Waals surface area contributed by atoms with Crippen LogP contribution in [0.5, 0.6) is 5.75 Å². The summed E-state index contributed by atoms with van der Waals surface area (Å²) < 4.78 is 7.40. The van der Waals surface area contributed by atoms with Crippen molar-refractivity contribution in [2.24, 2.45) is 7.05 Å². The molecule has 4 rings (SSSR count). The van der Waals surface area contributed by atoms with E-state index in [0.717, 1.165) is 16.3 Å². The maximum Gasteiger partial charge on any atom is 0.279 e. The Morgan fingerprint density at radius 3 is 2.51 bits per heavy atom. The number of carbonyl (C=O) groups excluding carboxylic acids is 2. The third-order valence-corrected chi connectivity index (χ3v) is 6.44. The Hall–Kier alpha value is -3.52. The molecule has 3 aromatic carbocycles. The van der Waals surface area contributed by atoms with E-state index < -0.39 is 11.8 Å². The fourth-order valence-corrected chi connectivity index (χ4v) is 4.31. The first-order valence-electron chi connectivity index (χ1n) is 10.8. The van der Waals surface area contributed by atoms with Crippen LogP contribution in [0.15, 0.2) is 66.9 Å². The van der Waals surface area contributed by atoms with Gasteiger partial charge in [-0.3, -0.25) is 14.8 Å². The van der Waals surface area contributed by atoms with Crippen molar-refractivity contribution in [3.63, 3.8) is 0 Å². The average Bonchev–Trinajstić information content (AvgIpc) is 3.19. The topological polar surface area (TPSA) is 92.6 Å². The van der Waals surface area contributed by atoms with Crippen LogP contribution in [-0.4, -0.2) is 21.6 Å². The molecule has 9 heteroatoms. The number of nitrogens with zero attached hydrogens (tertiary/aromatic N) is 1. The molecule has 0 bridgehead atoms. The van der Waals surface area contributed by atoms with Gasteiger partial charge in [0, 0.05) is 13.2 Å². The summed E-state index contributed by atoms with van der Waals surface area (Å²) in [5.41, 5.74) is 3.39. The number of halogens is 2. The zero-order valence-corrected chi connectivity index (χ0v) is 20.5. The molecule has 0 saturated heterocycles. The predicted molar refractivity (Wildman–Crippen MR) is 135 cm³/mol. The van der Waals surface area contributed by atoms with Crippen LogP contribution in [0, 0.1) is 0 Å². The van der Waals surface area contributed by atoms with E-state index >= 15 is 0 Å². The van der Waals surface area contributed by atoms with Gasteiger partial charge in [0.15, 0.2) is 5.75 Å². The lowest BCUT2D eigenvalue weighted by molar-refractivity contribution is 0.0702. The summed E-state index contributed by atoms with van der Waals surface area (Å²) >= 11 is 12.1. The van der Waals surface area contributed by atoms with Crippen molar-refractivity contribution >= 4 is 45.8 Å². The van der Waals surface area contributed by atoms with Gasteiger partial charge in [-0.15, -0.1) is 0 Å². The molecule has 180 valence electrons. The number of rotatable bonds is 7. The highest BCUT2D eigenvalue weighted by Gasteiger charge is 2.27. The van der Waals surface area contributed by atoms with Gasteiger partial charge in [0.25, 0.3) is 11.8 Å². The standard InChI is InChI=1S/C26H23Cl2N3O4/c1-15(18-9-5-7-17-6-3-4-8-19(17)18)29-26(33)23-24(20(13-31(23)2)25(32)30-34)35-14-16-10-11-21(27)22(28)12-16/h3-13,15,34H,14H2,1-2H3,(H,29,33)(H,30,32). The molecular weight excluding hydrogens is 489 g/mol. The van der Waals surface area contributed by atoms with Crippen LogP contribution in [0.3, 0.4) is 0 Å². The summed E-state index contributed by atoms with van der Waals surface area (Å²) in [6, 6.07) is 18.5. The van der Waals surface area contributed by atoms with E-state index in [1.165, 1.54) is 10.8 Å². The summed E-state index contributed by atoms with van der Waals surface area (Å²) in [5.74, 6) is -1.20. The number of hydroxylamine groups is 1. The van der Waals surface area contributed by atoms with Crippen molar-refractivity contribution in [2.75, 3.05) is 0 Å². The molecule has 0 aliphatic rings. The summed E-state index contributed by atoms with van der Waals surface area (Å²) in [7, 11) is 1.62. The van der Waals surface area contributed by atoms with E-state index in [0.29, 0.717) is 15.6 Å². The highest BCUT2D eigenvalue weighted by Crippen LogP contribution is 2.30. The SMILES string of the molecule is CC(NC(=O)c1c(OCc2ccc(Cl)c(Cl)c2)c(C(=O)NO)cn1C)c1cccc2ccccc12. The summed E-state index contributed by atoms with van der Waals surface area (Å²) in [6.45, 7) is 1.91. The number of benzene rings is 3. The Labute approximate surface area is 212 Å². The zero-order chi connectivity index (χ0) is 25.1. The summed E-state index contributed by atoms with van der Waals surface area (Å²) in [6.07, 6.45) is 1.42. The Bertz CT molecular complexity index is 1410. The van der Waals surface area contributed by atoms with Crippen molar-refractivity contribution in [2.45, 2.75) is 19.6 Å². The number of amides is 2. The molecule has 35 heavy (non-hydrogen) atoms. The number of carbonyl (C=O) groups is 2. The molecule has 2 amide bonds. The average molecular weight is 512 g/mol. The van der Waals surface area contributed by atoms with Gasteiger partial charge in [0.05, 0.1) is 16.1 Å². The second kappa shape index (κ2) is 10.4. The number of hydrogen-bond donors (Lipinski definition) is 3. The minimum atomic E-state index is -0.800. The molecule has 1 atom stereocenters. The summed E-state index contributed by atoms with van der Waals surface area (Å²) in [5, 5.41) is 15.1. The monoisotopic (exact) mass is 511 g/mol. The maximum absolute atomic E-state index is 13.4. The number of aryl methyl sites for hydroxylation is 1. The van der Waals surface area contributed by atoms with Gasteiger partial charge in [-0.05, 0) is 41.0 Å². The molecule has 0 saturated carbocycles. The maximum atomic E-state index is 13.4. The largest absolute Gasteiger partial charge is 0.486 e. The number of aromatic nitrogens is 1. The molecular formula is C26H23Cl2N3O4. The molecule has 0 radical (unpaired) electrons. The third-order valence-electron chi connectivity index (χ3n) is 5.70. The van der Waals surface area contributed by atoms with E-state index in [2.05, 4.69) is 5.32 Å². The number of fused-ring (bicyclic) bond motifs is 1. The smallest absolute Gasteiger partial charge is 0.279 e. The molecule has 0 spiro atoms. The minimum absolute atomic E-state index is 0.0121. The number of hydrogen-bond acceptors (Lipinski definition) is 4. The second-order valence-electron chi connectivity index (χ2n) is 8.07. The fraction of sp³-hybridized carbons (Fsp3) is 0.154. The molecule has 1 heterocycles. The van der Waals surface area contributed by atoms with Gasteiger partial charge in [0.1, 0.15) is 17.9 Å². The van der Waals surface area contributed by atoms with Crippen LogP contribution in [-0.2, 0) is 13.7 Å². The van der Waals surface area contributed by atoms with Gasteiger partial charge in [-0.2, -0.15) is 0 Å². The van der Waals surface area contributed by atoms with Crippen LogP contribution in [0.1, 0.15) is 44.9 Å². The number of nitrogens with one attached hydrogen (secondary N) is 2. The van der Waals surface area contributed by atoms with Crippen molar-refractivity contribution in [3.8, 4) is 5.75 Å². The predicted octanol–water partition coefficient (Wildman–Crippen LogP) is 5.67. The van der Waals surface area contributed by atoms with Crippen LogP contribution in [0.2, 0.25) is 10.0 Å². The van der Waals surface area contributed by atoms with E-state index in [1.807, 2.05) is 49.4 Å². The fourth-order valence-electron chi connectivity index (χ4n) is 3.99. The molecule has 1 aromatic heterocycles. The minimum Gasteiger partial charge on any atom is -0.486 e. The quantitative estimate of drug-likeness (QED) is 0.220. The van der Waals surface area contributed by atoms with Crippen molar-refractivity contribution < 1.29 is 19.5 Å². The number of ether oxygens (including phenoxy) is 1. The lowest BCUT2D eigenvalue weighted by Gasteiger charge is -2.18. The molecule has 4 aromatic rings. The third kappa shape index (κ3) is 5.12. The Balaban J connectivity index is 1.64. The zero-order valence-electron chi connectivity index (χ0n) is 19.0. The molecule has 0 aliphatic heterocycles. The van der Waals surface area contributed by atoms with E-state index in [1.54, 1.807) is 30.7 Å². The van der Waals surface area contributed by atoms with Crippen molar-refractivity contribution in [1.29, 1.82) is 0 Å². The van der Waals surface area contributed by atoms with Crippen LogP contribution in [0.4, 0.5) is 0 Å². The normalized spacial score (nSPS) is 11.8. The Morgan fingerprint density at radius 2 is 1.77 bits per heavy atom. The van der Waals surface area contributed by atoms with E-state index in [-0.39, 0.29) is 29.7 Å². The van der Waals surface area contributed by atoms with E-state index in [9.17, 15) is 14.8 Å². The Morgan fingerprint density at radius 1 is 1.03 bits per heavy atom. The second-order valence-corrected chi connectivity index (χ2v) is 8.89. The van der Waals surface area contributed by atoms with Crippen LogP contribution >= 0.6 is 23.2 Å². The molecule has 0 fully saturated rings. The van der Waals surface area contributed by atoms with Gasteiger partial charge in [-0.25, -0.2) is 5.48 Å². The van der Waals surface area contributed by atoms with Gasteiger partial charge >= 0.3 is 0 Å². The van der Waals surface area contributed by atoms with Gasteiger partial charge in [0.2, 0.25) is 0 Å². The Kier molecular flexibility index (Phi) is 7.31. The molecule has 7 nitrogen and oxygen atoms in total. The van der Waals surface area contributed by atoms with Gasteiger partial charge < -0.3 is 14.6 Å². The molecule has 1 unspecified atom stereocenters. The van der Waals surface area contributed by atoms with Gasteiger partial charge in [-0.1, -0.05) is 71.7 Å². The van der Waals surface area contributed by atoms with Crippen molar-refractivity contribution in [1.82, 2.24) is 15.4 Å². The van der Waals surface area contributed by atoms with Crippen molar-refractivity contribution in [3.05, 3.63) is 99.3 Å². The lowest BCUT2D eigenvalue weighted by atomic mass is 9.99. The van der Waals surface area contributed by atoms with E-state index in [4.69, 9.17) is 27.9 Å². The van der Waals surface area contributed by atoms with Crippen LogP contribution in [0.25, 0.3) is 10.8 Å². The lowest BCUT2D eigenvalue weighted by Crippen LogP contribution is -2.29. The highest BCUT2D eigenvalue weighted by molar-refractivity contribution is 6.42.